The predicted octanol–water partition coefficient (Wildman–Crippen LogP) is 3.55. The summed E-state index contributed by atoms with van der Waals surface area (Å²) in [7, 11) is 0. The Morgan fingerprint density at radius 1 is 1.41 bits per heavy atom. The van der Waals surface area contributed by atoms with Crippen molar-refractivity contribution in [3.63, 3.8) is 0 Å². The van der Waals surface area contributed by atoms with Crippen molar-refractivity contribution < 1.29 is 18.0 Å². The van der Waals surface area contributed by atoms with E-state index < -0.39 is 12.1 Å². The van der Waals surface area contributed by atoms with Crippen LogP contribution in [0.2, 0.25) is 5.02 Å². The molecule has 0 radical (unpaired) electrons. The maximum absolute atomic E-state index is 12.4. The Morgan fingerprint density at radius 3 is 2.65 bits per heavy atom. The number of carbonyl (C=O) groups excluding carboxylic acids is 1. The largest absolute Gasteiger partial charge is 0.472 e. The number of nitrogens with zero attached hydrogens (tertiary/aromatic N) is 1. The number of rotatable bonds is 0. The van der Waals surface area contributed by atoms with E-state index in [1.807, 2.05) is 0 Å². The van der Waals surface area contributed by atoms with Gasteiger partial charge in [0.05, 0.1) is 11.0 Å². The number of nitrogens with one attached hydrogen (secondary N) is 1. The highest BCUT2D eigenvalue weighted by atomic mass is 35.5. The van der Waals surface area contributed by atoms with Crippen LogP contribution in [0.4, 0.5) is 13.2 Å². The van der Waals surface area contributed by atoms with Crippen molar-refractivity contribution in [2.75, 3.05) is 0 Å². The van der Waals surface area contributed by atoms with Gasteiger partial charge in [-0.3, -0.25) is 4.79 Å². The van der Waals surface area contributed by atoms with Gasteiger partial charge in [0, 0.05) is 5.02 Å². The second-order valence-electron chi connectivity index (χ2n) is 3.23. The van der Waals surface area contributed by atoms with Gasteiger partial charge in [0.2, 0.25) is 0 Å². The number of benzene rings is 1. The molecule has 0 aliphatic carbocycles. The van der Waals surface area contributed by atoms with Crippen molar-refractivity contribution in [2.24, 2.45) is 0 Å². The third-order valence-electron chi connectivity index (χ3n) is 2.09. The fourth-order valence-electron chi connectivity index (χ4n) is 1.40. The van der Waals surface area contributed by atoms with Gasteiger partial charge in [0.1, 0.15) is 0 Å². The molecule has 17 heavy (non-hydrogen) atoms. The number of H-pyrrole nitrogens is 1. The number of fused-ring (bicyclic) bond motifs is 1. The minimum Gasteiger partial charge on any atom is -0.330 e. The van der Waals surface area contributed by atoms with E-state index in [2.05, 4.69) is 17.2 Å². The molecule has 0 bridgehead atoms. The summed E-state index contributed by atoms with van der Waals surface area (Å²) >= 11 is 10.3. The molecule has 0 fully saturated rings. The first-order valence-electron chi connectivity index (χ1n) is 4.32. The molecule has 0 unspecified atom stereocenters. The van der Waals surface area contributed by atoms with Crippen LogP contribution in [0, 0.1) is 4.77 Å². The average Bonchev–Trinajstić information content (AvgIpc) is 2.51. The molecule has 0 saturated carbocycles. The lowest BCUT2D eigenvalue weighted by Crippen LogP contribution is -2.29. The predicted molar refractivity (Wildman–Crippen MR) is 58.8 cm³/mol. The van der Waals surface area contributed by atoms with Crippen LogP contribution in [0.1, 0.15) is 4.79 Å². The van der Waals surface area contributed by atoms with E-state index in [1.54, 1.807) is 0 Å². The minimum absolute atomic E-state index is 0.00447. The van der Waals surface area contributed by atoms with Gasteiger partial charge in [-0.25, -0.2) is 4.57 Å². The zero-order valence-electron chi connectivity index (χ0n) is 8.01. The van der Waals surface area contributed by atoms with E-state index in [0.29, 0.717) is 10.1 Å². The van der Waals surface area contributed by atoms with E-state index in [1.165, 1.54) is 18.2 Å². The Kier molecular flexibility index (Phi) is 2.75. The number of hydrogen-bond acceptors (Lipinski definition) is 2. The molecular weight excluding hydrogens is 277 g/mol. The number of imidazole rings is 1. The fraction of sp³-hybridized carbons (Fsp3) is 0.111. The van der Waals surface area contributed by atoms with E-state index >= 15 is 0 Å². The number of halogens is 4. The van der Waals surface area contributed by atoms with Gasteiger partial charge < -0.3 is 4.98 Å². The molecule has 1 aromatic carbocycles. The standard InChI is InChI=1S/C9H4ClF3N2OS/c10-4-1-2-5-6(3-4)15(8(17)14-5)7(16)9(11,12)13/h1-3H,(H,14,17). The molecule has 0 saturated heterocycles. The Bertz CT molecular complexity index is 658. The maximum Gasteiger partial charge on any atom is 0.472 e. The highest BCUT2D eigenvalue weighted by Gasteiger charge is 2.41. The van der Waals surface area contributed by atoms with Crippen LogP contribution in [-0.2, 0) is 0 Å². The summed E-state index contributed by atoms with van der Waals surface area (Å²) in [5.41, 5.74) is 0.321. The molecule has 2 aromatic rings. The monoisotopic (exact) mass is 280 g/mol. The summed E-state index contributed by atoms with van der Waals surface area (Å²) in [6.45, 7) is 0. The molecule has 0 spiro atoms. The average molecular weight is 281 g/mol. The van der Waals surface area contributed by atoms with Gasteiger partial charge in [-0.1, -0.05) is 11.6 Å². The molecular formula is C9H4ClF3N2OS. The van der Waals surface area contributed by atoms with Crippen LogP contribution in [0.5, 0.6) is 0 Å². The zero-order valence-corrected chi connectivity index (χ0v) is 9.58. The quantitative estimate of drug-likeness (QED) is 0.749. The second-order valence-corrected chi connectivity index (χ2v) is 4.05. The van der Waals surface area contributed by atoms with E-state index in [9.17, 15) is 18.0 Å². The van der Waals surface area contributed by atoms with Crippen molar-refractivity contribution in [1.29, 1.82) is 0 Å². The molecule has 0 aliphatic rings. The van der Waals surface area contributed by atoms with E-state index in [4.69, 9.17) is 11.6 Å². The highest BCUT2D eigenvalue weighted by molar-refractivity contribution is 7.71. The number of aromatic nitrogens is 2. The first-order valence-corrected chi connectivity index (χ1v) is 5.11. The van der Waals surface area contributed by atoms with Crippen LogP contribution in [0.15, 0.2) is 18.2 Å². The first-order chi connectivity index (χ1) is 7.80. The Balaban J connectivity index is 2.77. The van der Waals surface area contributed by atoms with E-state index in [0.717, 1.165) is 0 Å². The first kappa shape index (κ1) is 12.1. The van der Waals surface area contributed by atoms with Crippen molar-refractivity contribution in [3.05, 3.63) is 28.0 Å². The molecule has 0 amide bonds. The van der Waals surface area contributed by atoms with Gasteiger partial charge in [0.15, 0.2) is 4.77 Å². The molecule has 8 heteroatoms. The molecule has 1 N–H and O–H groups in total. The Labute approximate surface area is 103 Å². The molecule has 90 valence electrons. The summed E-state index contributed by atoms with van der Waals surface area (Å²) < 4.78 is 37.1. The van der Waals surface area contributed by atoms with Crippen molar-refractivity contribution in [1.82, 2.24) is 9.55 Å². The van der Waals surface area contributed by atoms with Gasteiger partial charge in [-0.2, -0.15) is 13.2 Å². The van der Waals surface area contributed by atoms with Gasteiger partial charge in [0.25, 0.3) is 0 Å². The minimum atomic E-state index is -4.99. The molecule has 3 nitrogen and oxygen atoms in total. The summed E-state index contributed by atoms with van der Waals surface area (Å²) in [6.07, 6.45) is -4.99. The van der Waals surface area contributed by atoms with Crippen molar-refractivity contribution in [3.8, 4) is 0 Å². The van der Waals surface area contributed by atoms with Gasteiger partial charge in [-0.15, -0.1) is 0 Å². The lowest BCUT2D eigenvalue weighted by Gasteiger charge is -2.06. The lowest BCUT2D eigenvalue weighted by molar-refractivity contribution is -0.0944. The molecule has 1 heterocycles. The summed E-state index contributed by atoms with van der Waals surface area (Å²) in [5.74, 6) is -2.05. The topological polar surface area (TPSA) is 37.8 Å². The summed E-state index contributed by atoms with van der Waals surface area (Å²) in [5, 5.41) is 0.218. The van der Waals surface area contributed by atoms with Crippen molar-refractivity contribution >= 4 is 40.8 Å². The third-order valence-corrected chi connectivity index (χ3v) is 2.61. The number of aromatic amines is 1. The smallest absolute Gasteiger partial charge is 0.330 e. The highest BCUT2D eigenvalue weighted by Crippen LogP contribution is 2.24. The van der Waals surface area contributed by atoms with Crippen molar-refractivity contribution in [2.45, 2.75) is 6.18 Å². The normalized spacial score (nSPS) is 12.0. The Hall–Kier alpha value is -1.34. The van der Waals surface area contributed by atoms with Gasteiger partial charge in [-0.05, 0) is 30.4 Å². The van der Waals surface area contributed by atoms with Crippen LogP contribution >= 0.6 is 23.8 Å². The van der Waals surface area contributed by atoms with E-state index in [-0.39, 0.29) is 15.3 Å². The molecule has 0 aliphatic heterocycles. The molecule has 2 rings (SSSR count). The van der Waals surface area contributed by atoms with Crippen LogP contribution < -0.4 is 0 Å². The lowest BCUT2D eigenvalue weighted by atomic mass is 10.3. The number of alkyl halides is 3. The summed E-state index contributed by atoms with van der Waals surface area (Å²) in [4.78, 5) is 13.7. The number of carbonyl (C=O) groups is 1. The fourth-order valence-corrected chi connectivity index (χ4v) is 1.86. The van der Waals surface area contributed by atoms with Crippen LogP contribution in [0.3, 0.4) is 0 Å². The number of hydrogen-bond donors (Lipinski definition) is 1. The molecule has 0 atom stereocenters. The third kappa shape index (κ3) is 2.07. The van der Waals surface area contributed by atoms with Crippen LogP contribution in [-0.4, -0.2) is 21.6 Å². The maximum atomic E-state index is 12.4. The van der Waals surface area contributed by atoms with Crippen LogP contribution in [0.25, 0.3) is 11.0 Å². The SMILES string of the molecule is O=C(n1c(=S)[nH]c2ccc(Cl)cc21)C(F)(F)F. The zero-order chi connectivity index (χ0) is 12.8. The molecule has 1 aromatic heterocycles. The summed E-state index contributed by atoms with van der Waals surface area (Å²) in [6, 6.07) is 4.18. The van der Waals surface area contributed by atoms with Gasteiger partial charge >= 0.3 is 12.1 Å². The Morgan fingerprint density at radius 2 is 2.06 bits per heavy atom. The second kappa shape index (κ2) is 3.85.